The lowest BCUT2D eigenvalue weighted by Gasteiger charge is -2.09. The smallest absolute Gasteiger partial charge is 0.265 e. The van der Waals surface area contributed by atoms with Crippen LogP contribution in [0, 0.1) is 0 Å². The molecule has 0 aliphatic carbocycles. The summed E-state index contributed by atoms with van der Waals surface area (Å²) in [6, 6.07) is 7.18. The van der Waals surface area contributed by atoms with Gasteiger partial charge < -0.3 is 5.32 Å². The predicted octanol–water partition coefficient (Wildman–Crippen LogP) is 1.12. The maximum atomic E-state index is 11.6. The molecule has 0 bridgehead atoms. The average Bonchev–Trinajstić information content (AvgIpc) is 2.60. The maximum Gasteiger partial charge on any atom is 0.265 e. The molecule has 1 N–H and O–H groups in total. The summed E-state index contributed by atoms with van der Waals surface area (Å²) in [4.78, 5) is 11.6. The molecule has 104 valence electrons. The molecule has 1 aromatic carbocycles. The minimum absolute atomic E-state index is 0.125. The van der Waals surface area contributed by atoms with Crippen molar-refractivity contribution in [2.45, 2.75) is 25.0 Å². The van der Waals surface area contributed by atoms with E-state index in [-0.39, 0.29) is 11.9 Å². The normalized spacial score (nSPS) is 23.4. The van der Waals surface area contributed by atoms with Gasteiger partial charge in [0, 0.05) is 17.5 Å². The van der Waals surface area contributed by atoms with Crippen LogP contribution in [0.1, 0.15) is 12.0 Å². The van der Waals surface area contributed by atoms with Crippen molar-refractivity contribution in [3.05, 3.63) is 34.9 Å². The Labute approximate surface area is 117 Å². The van der Waals surface area contributed by atoms with E-state index in [1.807, 2.05) is 12.1 Å². The molecule has 1 heterocycles. The number of halogens is 1. The molecule has 2 unspecified atom stereocenters. The standard InChI is InChI=1S/C12H14ClNO4S/c1-19(16,17)18-11-7-10(14-12(11)15)6-8-2-4-9(13)5-3-8/h2-5,10-11H,6-7H2,1H3,(H,14,15). The summed E-state index contributed by atoms with van der Waals surface area (Å²) in [6.45, 7) is 0. The fraction of sp³-hybridized carbons (Fsp3) is 0.417. The molecular weight excluding hydrogens is 290 g/mol. The van der Waals surface area contributed by atoms with E-state index in [1.54, 1.807) is 12.1 Å². The first-order chi connectivity index (χ1) is 8.83. The lowest BCUT2D eigenvalue weighted by Crippen LogP contribution is -2.30. The molecule has 1 fully saturated rings. The van der Waals surface area contributed by atoms with Crippen molar-refractivity contribution in [2.24, 2.45) is 0 Å². The molecule has 0 aromatic heterocycles. The molecule has 1 aliphatic heterocycles. The van der Waals surface area contributed by atoms with Crippen molar-refractivity contribution < 1.29 is 17.4 Å². The summed E-state index contributed by atoms with van der Waals surface area (Å²) in [5.41, 5.74) is 1.02. The lowest BCUT2D eigenvalue weighted by molar-refractivity contribution is -0.124. The Hall–Kier alpha value is -1.11. The zero-order chi connectivity index (χ0) is 14.0. The highest BCUT2D eigenvalue weighted by molar-refractivity contribution is 7.86. The molecule has 1 aromatic rings. The second kappa shape index (κ2) is 5.48. The van der Waals surface area contributed by atoms with Gasteiger partial charge in [0.05, 0.1) is 6.26 Å². The number of rotatable bonds is 4. The molecule has 2 rings (SSSR count). The predicted molar refractivity (Wildman–Crippen MR) is 71.4 cm³/mol. The second-order valence-corrected chi connectivity index (χ2v) is 6.60. The van der Waals surface area contributed by atoms with Crippen LogP contribution in [0.15, 0.2) is 24.3 Å². The highest BCUT2D eigenvalue weighted by Gasteiger charge is 2.35. The van der Waals surface area contributed by atoms with E-state index < -0.39 is 16.2 Å². The number of carbonyl (C=O) groups is 1. The molecule has 1 aliphatic rings. The van der Waals surface area contributed by atoms with Gasteiger partial charge in [-0.05, 0) is 24.1 Å². The van der Waals surface area contributed by atoms with E-state index >= 15 is 0 Å². The minimum atomic E-state index is -3.62. The first-order valence-electron chi connectivity index (χ1n) is 5.76. The molecule has 19 heavy (non-hydrogen) atoms. The highest BCUT2D eigenvalue weighted by Crippen LogP contribution is 2.18. The first-order valence-corrected chi connectivity index (χ1v) is 7.96. The summed E-state index contributed by atoms with van der Waals surface area (Å²) < 4.78 is 26.8. The van der Waals surface area contributed by atoms with Crippen LogP contribution in [0.25, 0.3) is 0 Å². The van der Waals surface area contributed by atoms with Gasteiger partial charge in [-0.3, -0.25) is 8.98 Å². The minimum Gasteiger partial charge on any atom is -0.351 e. The third kappa shape index (κ3) is 4.19. The quantitative estimate of drug-likeness (QED) is 0.846. The molecule has 2 atom stereocenters. The van der Waals surface area contributed by atoms with E-state index in [0.29, 0.717) is 17.9 Å². The summed E-state index contributed by atoms with van der Waals surface area (Å²) in [6.07, 6.45) is 0.973. The van der Waals surface area contributed by atoms with Crippen LogP contribution in [0.5, 0.6) is 0 Å². The third-order valence-corrected chi connectivity index (χ3v) is 3.66. The third-order valence-electron chi connectivity index (χ3n) is 2.82. The number of hydrogen-bond donors (Lipinski definition) is 1. The van der Waals surface area contributed by atoms with Crippen molar-refractivity contribution in [2.75, 3.05) is 6.26 Å². The number of nitrogens with one attached hydrogen (secondary N) is 1. The molecular formula is C12H14ClNO4S. The highest BCUT2D eigenvalue weighted by atomic mass is 35.5. The summed E-state index contributed by atoms with van der Waals surface area (Å²) in [5, 5.41) is 3.38. The van der Waals surface area contributed by atoms with Crippen LogP contribution >= 0.6 is 11.6 Å². The fourth-order valence-electron chi connectivity index (χ4n) is 2.05. The maximum absolute atomic E-state index is 11.6. The number of carbonyl (C=O) groups excluding carboxylic acids is 1. The van der Waals surface area contributed by atoms with Crippen molar-refractivity contribution in [1.29, 1.82) is 0 Å². The zero-order valence-corrected chi connectivity index (χ0v) is 11.9. The monoisotopic (exact) mass is 303 g/mol. The largest absolute Gasteiger partial charge is 0.351 e. The molecule has 1 amide bonds. The molecule has 5 nitrogen and oxygen atoms in total. The Bertz CT molecular complexity index is 570. The van der Waals surface area contributed by atoms with Crippen LogP contribution in [-0.2, 0) is 25.5 Å². The van der Waals surface area contributed by atoms with Crippen LogP contribution in [0.3, 0.4) is 0 Å². The van der Waals surface area contributed by atoms with E-state index in [9.17, 15) is 13.2 Å². The van der Waals surface area contributed by atoms with Gasteiger partial charge >= 0.3 is 0 Å². The van der Waals surface area contributed by atoms with Crippen LogP contribution in [-0.4, -0.2) is 32.7 Å². The Morgan fingerprint density at radius 3 is 2.58 bits per heavy atom. The van der Waals surface area contributed by atoms with E-state index in [4.69, 9.17) is 15.8 Å². The fourth-order valence-corrected chi connectivity index (χ4v) is 2.77. The van der Waals surface area contributed by atoms with Crippen LogP contribution < -0.4 is 5.32 Å². The average molecular weight is 304 g/mol. The molecule has 0 saturated carbocycles. The lowest BCUT2D eigenvalue weighted by atomic mass is 10.0. The van der Waals surface area contributed by atoms with Gasteiger partial charge in [0.15, 0.2) is 6.10 Å². The van der Waals surface area contributed by atoms with Gasteiger partial charge in [0.2, 0.25) is 0 Å². The van der Waals surface area contributed by atoms with E-state index in [2.05, 4.69) is 5.32 Å². The van der Waals surface area contributed by atoms with E-state index in [1.165, 1.54) is 0 Å². The van der Waals surface area contributed by atoms with Gasteiger partial charge in [-0.15, -0.1) is 0 Å². The van der Waals surface area contributed by atoms with Crippen LogP contribution in [0.4, 0.5) is 0 Å². The Kier molecular flexibility index (Phi) is 4.13. The Balaban J connectivity index is 1.97. The summed E-state index contributed by atoms with van der Waals surface area (Å²) in [7, 11) is -3.62. The van der Waals surface area contributed by atoms with Crippen molar-refractivity contribution in [3.63, 3.8) is 0 Å². The second-order valence-electron chi connectivity index (χ2n) is 4.56. The number of benzene rings is 1. The number of amides is 1. The SMILES string of the molecule is CS(=O)(=O)OC1CC(Cc2ccc(Cl)cc2)NC1=O. The van der Waals surface area contributed by atoms with Crippen molar-refractivity contribution in [3.8, 4) is 0 Å². The van der Waals surface area contributed by atoms with Gasteiger partial charge in [-0.1, -0.05) is 23.7 Å². The molecule has 0 spiro atoms. The van der Waals surface area contributed by atoms with Gasteiger partial charge in [-0.25, -0.2) is 0 Å². The van der Waals surface area contributed by atoms with Gasteiger partial charge in [0.25, 0.3) is 16.0 Å². The molecule has 0 radical (unpaired) electrons. The van der Waals surface area contributed by atoms with Gasteiger partial charge in [0.1, 0.15) is 0 Å². The number of hydrogen-bond acceptors (Lipinski definition) is 4. The van der Waals surface area contributed by atoms with Gasteiger partial charge in [-0.2, -0.15) is 8.42 Å². The zero-order valence-electron chi connectivity index (χ0n) is 10.3. The Morgan fingerprint density at radius 2 is 2.00 bits per heavy atom. The summed E-state index contributed by atoms with van der Waals surface area (Å²) >= 11 is 5.79. The summed E-state index contributed by atoms with van der Waals surface area (Å²) in [5.74, 6) is -0.385. The van der Waals surface area contributed by atoms with E-state index in [0.717, 1.165) is 11.8 Å². The topological polar surface area (TPSA) is 72.5 Å². The van der Waals surface area contributed by atoms with Crippen molar-refractivity contribution in [1.82, 2.24) is 5.32 Å². The Morgan fingerprint density at radius 1 is 1.37 bits per heavy atom. The molecule has 1 saturated heterocycles. The van der Waals surface area contributed by atoms with Crippen LogP contribution in [0.2, 0.25) is 5.02 Å². The van der Waals surface area contributed by atoms with Crippen molar-refractivity contribution >= 4 is 27.6 Å². The first kappa shape index (κ1) is 14.3. The molecule has 7 heteroatoms.